The van der Waals surface area contributed by atoms with Gasteiger partial charge in [-0.05, 0) is 0 Å². The van der Waals surface area contributed by atoms with Gasteiger partial charge in [0, 0.05) is 0 Å². The van der Waals surface area contributed by atoms with Gasteiger partial charge in [0.25, 0.3) is 0 Å². The summed E-state index contributed by atoms with van der Waals surface area (Å²) >= 11 is 0.515. The molecule has 1 aliphatic carbocycles. The molecule has 1 aromatic heterocycles. The zero-order chi connectivity index (χ0) is 29.2. The van der Waals surface area contributed by atoms with Crippen LogP contribution >= 0.6 is 0 Å². The first kappa shape index (κ1) is 31.1. The molecular formula is C34H46O2Se2. The second-order valence-electron chi connectivity index (χ2n) is 14.8. The fraction of sp³-hybridized carbons (Fsp3) is 0.529. The first-order valence-corrected chi connectivity index (χ1v) is 17.0. The van der Waals surface area contributed by atoms with Gasteiger partial charge in [0.05, 0.1) is 0 Å². The van der Waals surface area contributed by atoms with Crippen LogP contribution in [0.2, 0.25) is 0 Å². The van der Waals surface area contributed by atoms with Gasteiger partial charge in [-0.15, -0.1) is 0 Å². The van der Waals surface area contributed by atoms with Gasteiger partial charge in [-0.25, -0.2) is 0 Å². The Labute approximate surface area is 244 Å². The van der Waals surface area contributed by atoms with E-state index < -0.39 is 0 Å². The zero-order valence-electron chi connectivity index (χ0n) is 25.9. The molecule has 0 bridgehead atoms. The van der Waals surface area contributed by atoms with Crippen molar-refractivity contribution in [2.45, 2.75) is 108 Å². The summed E-state index contributed by atoms with van der Waals surface area (Å²) in [6.45, 7) is 30.9. The van der Waals surface area contributed by atoms with E-state index in [-0.39, 0.29) is 62.7 Å². The van der Waals surface area contributed by atoms with Crippen molar-refractivity contribution in [3.63, 3.8) is 0 Å². The van der Waals surface area contributed by atoms with Crippen LogP contribution in [0.25, 0.3) is 5.57 Å². The Morgan fingerprint density at radius 1 is 0.711 bits per heavy atom. The number of rotatable bonds is 2. The van der Waals surface area contributed by atoms with Crippen LogP contribution in [0.3, 0.4) is 0 Å². The van der Waals surface area contributed by atoms with Gasteiger partial charge in [-0.3, -0.25) is 0 Å². The fourth-order valence-electron chi connectivity index (χ4n) is 4.28. The minimum atomic E-state index is -0.106. The molecule has 2 nitrogen and oxygen atoms in total. The number of Topliss-reactive ketones (excluding diaryl/α,β-unsaturated/α-hetero) is 1. The van der Waals surface area contributed by atoms with E-state index in [9.17, 15) is 9.90 Å². The Bertz CT molecular complexity index is 1270. The summed E-state index contributed by atoms with van der Waals surface area (Å²) in [5.41, 5.74) is 4.55. The van der Waals surface area contributed by atoms with Crippen molar-refractivity contribution in [3.05, 3.63) is 75.7 Å². The number of carbonyl (C=O) groups excluding carboxylic acids is 1. The van der Waals surface area contributed by atoms with Crippen LogP contribution in [0, 0.1) is 10.8 Å². The molecule has 0 N–H and O–H groups in total. The Balaban J connectivity index is 2.20. The van der Waals surface area contributed by atoms with E-state index in [0.29, 0.717) is 11.1 Å². The molecule has 2 heterocycles. The van der Waals surface area contributed by atoms with E-state index in [0.717, 1.165) is 22.3 Å². The Kier molecular flexibility index (Phi) is 8.34. The number of ketones is 1. The van der Waals surface area contributed by atoms with Gasteiger partial charge < -0.3 is 0 Å². The predicted octanol–water partition coefficient (Wildman–Crippen LogP) is 7.48. The van der Waals surface area contributed by atoms with Crippen molar-refractivity contribution in [3.8, 4) is 0 Å². The third-order valence-corrected chi connectivity index (χ3v) is 15.0. The average molecular weight is 645 g/mol. The number of allylic oxidation sites excluding steroid dienone is 9. The molecule has 206 valence electrons. The van der Waals surface area contributed by atoms with E-state index in [1.807, 2.05) is 13.8 Å². The van der Waals surface area contributed by atoms with Crippen LogP contribution < -0.4 is 5.11 Å². The molecule has 4 heteroatoms. The Morgan fingerprint density at radius 2 is 1.13 bits per heavy atom. The Morgan fingerprint density at radius 3 is 1.47 bits per heavy atom. The summed E-state index contributed by atoms with van der Waals surface area (Å²) < 4.78 is 5.60. The molecule has 0 spiro atoms. The van der Waals surface area contributed by atoms with Crippen molar-refractivity contribution in [1.82, 2.24) is 0 Å². The molecule has 0 aromatic carbocycles. The van der Waals surface area contributed by atoms with Crippen molar-refractivity contribution in [2.24, 2.45) is 10.8 Å². The molecule has 0 fully saturated rings. The van der Waals surface area contributed by atoms with Crippen LogP contribution in [0.1, 0.15) is 111 Å². The quantitative estimate of drug-likeness (QED) is 0.248. The molecule has 0 unspecified atom stereocenters. The topological polar surface area (TPSA) is 40.1 Å². The number of carbonyl (C=O) groups is 1. The molecule has 0 saturated carbocycles. The van der Waals surface area contributed by atoms with Gasteiger partial charge in [-0.1, -0.05) is 0 Å². The van der Waals surface area contributed by atoms with Crippen molar-refractivity contribution < 1.29 is 9.90 Å². The molecule has 38 heavy (non-hydrogen) atoms. The molecule has 3 rings (SSSR count). The molecule has 0 atom stereocenters. The maximum atomic E-state index is 13.6. The second kappa shape index (κ2) is 10.2. The van der Waals surface area contributed by atoms with Gasteiger partial charge in [0.1, 0.15) is 0 Å². The summed E-state index contributed by atoms with van der Waals surface area (Å²) in [6, 6.07) is 4.47. The monoisotopic (exact) mass is 646 g/mol. The first-order valence-electron chi connectivity index (χ1n) is 13.5. The second-order valence-corrected chi connectivity index (χ2v) is 19.4. The average Bonchev–Trinajstić information content (AvgIpc) is 2.76. The van der Waals surface area contributed by atoms with E-state index in [2.05, 4.69) is 107 Å². The van der Waals surface area contributed by atoms with Crippen LogP contribution in [0.4, 0.5) is 0 Å². The molecule has 1 aliphatic heterocycles. The molecule has 0 amide bonds. The SMILES string of the molecule is CC(=C1C=C(C(C)(C)C)[Se]C(C(C)(C)C)=C1)C1=C([O-])/C(=C(/C)c2cc(C(C)(C)C)[se+]c(C(C)(C)C)c2)C1=O. The molecular weight excluding hydrogens is 598 g/mol. The third kappa shape index (κ3) is 6.31. The number of hydrogen-bond acceptors (Lipinski definition) is 2. The standard InChI is InChI=1S/C34H46O2Se2/c1-19(21-15-23(31(3,4)5)37-24(16-21)32(6,7)8)27-29(35)28(30(27)36)20(2)22-17-25(33(9,10)11)38-26(18-22)34(12,13)14/h15-18H,1-14H3. The van der Waals surface area contributed by atoms with Crippen molar-refractivity contribution in [2.75, 3.05) is 0 Å². The zero-order valence-corrected chi connectivity index (χ0v) is 29.4. The molecule has 0 saturated heterocycles. The summed E-state index contributed by atoms with van der Waals surface area (Å²) in [6.07, 6.45) is 4.47. The fourth-order valence-corrected chi connectivity index (χ4v) is 9.40. The summed E-state index contributed by atoms with van der Waals surface area (Å²) in [4.78, 5) is 13.6. The normalized spacial score (nSPS) is 18.8. The van der Waals surface area contributed by atoms with Crippen molar-refractivity contribution >= 4 is 40.8 Å². The van der Waals surface area contributed by atoms with E-state index >= 15 is 0 Å². The molecule has 1 aromatic rings. The van der Waals surface area contributed by atoms with Gasteiger partial charge in [-0.2, -0.15) is 0 Å². The predicted molar refractivity (Wildman–Crippen MR) is 163 cm³/mol. The van der Waals surface area contributed by atoms with Crippen LogP contribution in [-0.2, 0) is 15.6 Å². The van der Waals surface area contributed by atoms with Crippen molar-refractivity contribution in [1.29, 1.82) is 0 Å². The van der Waals surface area contributed by atoms with Gasteiger partial charge >= 0.3 is 245 Å². The molecule has 2 aliphatic rings. The first-order chi connectivity index (χ1) is 17.0. The van der Waals surface area contributed by atoms with Gasteiger partial charge in [0.2, 0.25) is 0 Å². The molecule has 0 radical (unpaired) electrons. The van der Waals surface area contributed by atoms with E-state index in [4.69, 9.17) is 0 Å². The summed E-state index contributed by atoms with van der Waals surface area (Å²) in [5, 5.41) is 13.6. The van der Waals surface area contributed by atoms with Crippen LogP contribution in [0.5, 0.6) is 0 Å². The minimum absolute atomic E-state index is 0.0452. The Hall–Kier alpha value is -1.44. The van der Waals surface area contributed by atoms with Gasteiger partial charge in [0.15, 0.2) is 0 Å². The maximum absolute atomic E-state index is 13.6. The van der Waals surface area contributed by atoms with Crippen LogP contribution in [0.15, 0.2) is 61.3 Å². The summed E-state index contributed by atoms with van der Waals surface area (Å²) in [5.74, 6) is -0.213. The number of hydrogen-bond donors (Lipinski definition) is 0. The summed E-state index contributed by atoms with van der Waals surface area (Å²) in [7, 11) is 0. The third-order valence-electron chi connectivity index (χ3n) is 7.07. The van der Waals surface area contributed by atoms with E-state index in [1.54, 1.807) is 0 Å². The van der Waals surface area contributed by atoms with Crippen LogP contribution in [-0.4, -0.2) is 35.2 Å². The van der Waals surface area contributed by atoms with E-state index in [1.165, 1.54) is 17.8 Å².